The predicted octanol–water partition coefficient (Wildman–Crippen LogP) is 6.50. The quantitative estimate of drug-likeness (QED) is 0.287. The number of amides is 2. The lowest BCUT2D eigenvalue weighted by Gasteiger charge is -2.47. The second-order valence-corrected chi connectivity index (χ2v) is 11.0. The summed E-state index contributed by atoms with van der Waals surface area (Å²) in [5.41, 5.74) is 8.52. The summed E-state index contributed by atoms with van der Waals surface area (Å²) in [6, 6.07) is 21.3. The van der Waals surface area contributed by atoms with E-state index in [-0.39, 0.29) is 5.91 Å². The normalized spacial score (nSPS) is 20.8. The highest BCUT2D eigenvalue weighted by molar-refractivity contribution is 14.1. The molecule has 0 spiro atoms. The zero-order chi connectivity index (χ0) is 25.8. The highest BCUT2D eigenvalue weighted by atomic mass is 127. The van der Waals surface area contributed by atoms with Crippen LogP contribution in [0.2, 0.25) is 10.0 Å². The Bertz CT molecular complexity index is 1200. The van der Waals surface area contributed by atoms with Gasteiger partial charge in [0.1, 0.15) is 18.2 Å². The molecule has 1 aliphatic rings. The summed E-state index contributed by atoms with van der Waals surface area (Å²) in [6.45, 7) is 1.97. The fraction of sp³-hybridized carbons (Fsp3) is 0.286. The summed E-state index contributed by atoms with van der Waals surface area (Å²) < 4.78 is 7.68. The van der Waals surface area contributed by atoms with Crippen molar-refractivity contribution in [3.05, 3.63) is 103 Å². The largest absolute Gasteiger partial charge is 0.368 e. The highest BCUT2D eigenvalue weighted by Gasteiger charge is 2.47. The number of nitrogens with zero attached hydrogens (tertiary/aromatic N) is 1. The summed E-state index contributed by atoms with van der Waals surface area (Å²) in [7, 11) is 0. The van der Waals surface area contributed by atoms with Gasteiger partial charge in [-0.05, 0) is 82.1 Å². The fourth-order valence-electron chi connectivity index (χ4n) is 4.68. The van der Waals surface area contributed by atoms with Crippen molar-refractivity contribution in [2.75, 3.05) is 0 Å². The van der Waals surface area contributed by atoms with Crippen molar-refractivity contribution in [2.45, 2.75) is 50.5 Å². The number of hydrogen-bond donors (Lipinski definition) is 1. The molecule has 188 valence electrons. The van der Waals surface area contributed by atoms with Crippen molar-refractivity contribution < 1.29 is 14.3 Å². The summed E-state index contributed by atoms with van der Waals surface area (Å²) in [4.78, 5) is 28.4. The number of ether oxygens (including phenoxy) is 1. The van der Waals surface area contributed by atoms with Crippen LogP contribution in [0.5, 0.6) is 0 Å². The van der Waals surface area contributed by atoms with E-state index in [0.717, 1.165) is 20.3 Å². The Kier molecular flexibility index (Phi) is 8.93. The Morgan fingerprint density at radius 1 is 0.972 bits per heavy atom. The van der Waals surface area contributed by atoms with Crippen molar-refractivity contribution in [3.63, 3.8) is 0 Å². The Labute approximate surface area is 235 Å². The van der Waals surface area contributed by atoms with Gasteiger partial charge in [0.2, 0.25) is 5.91 Å². The van der Waals surface area contributed by atoms with E-state index < -0.39 is 30.2 Å². The molecule has 2 amide bonds. The molecule has 0 bridgehead atoms. The number of morpholine rings is 1. The minimum atomic E-state index is -0.784. The van der Waals surface area contributed by atoms with Crippen LogP contribution < -0.4 is 5.73 Å². The van der Waals surface area contributed by atoms with Gasteiger partial charge in [-0.25, -0.2) is 0 Å². The molecule has 0 aliphatic carbocycles. The Balaban J connectivity index is 1.84. The second kappa shape index (κ2) is 11.9. The number of rotatable bonds is 8. The molecule has 1 aliphatic heterocycles. The van der Waals surface area contributed by atoms with Crippen LogP contribution in [0.4, 0.5) is 0 Å². The molecule has 1 fully saturated rings. The van der Waals surface area contributed by atoms with E-state index in [1.165, 1.54) is 0 Å². The van der Waals surface area contributed by atoms with E-state index in [0.29, 0.717) is 29.3 Å². The zero-order valence-electron chi connectivity index (χ0n) is 19.7. The fourth-order valence-corrected chi connectivity index (χ4v) is 5.29. The first kappa shape index (κ1) is 26.9. The van der Waals surface area contributed by atoms with Crippen LogP contribution in [0.1, 0.15) is 48.6 Å². The third-order valence-corrected chi connectivity index (χ3v) is 7.62. The van der Waals surface area contributed by atoms with Gasteiger partial charge < -0.3 is 15.4 Å². The number of nitrogens with two attached hydrogens (primary N) is 1. The van der Waals surface area contributed by atoms with Gasteiger partial charge in [0, 0.05) is 20.0 Å². The number of hydrogen-bond acceptors (Lipinski definition) is 3. The summed E-state index contributed by atoms with van der Waals surface area (Å²) in [5, 5.41) is 1.18. The third-order valence-electron chi connectivity index (χ3n) is 6.40. The minimum absolute atomic E-state index is 0.254. The first-order chi connectivity index (χ1) is 17.3. The van der Waals surface area contributed by atoms with Crippen molar-refractivity contribution in [1.29, 1.82) is 0 Å². The van der Waals surface area contributed by atoms with Crippen molar-refractivity contribution in [2.24, 2.45) is 5.73 Å². The lowest BCUT2D eigenvalue weighted by atomic mass is 9.88. The maximum Gasteiger partial charge on any atom is 0.253 e. The number of benzene rings is 3. The average Bonchev–Trinajstić information content (AvgIpc) is 2.86. The van der Waals surface area contributed by atoms with E-state index >= 15 is 0 Å². The molecular weight excluding hydrogens is 610 g/mol. The van der Waals surface area contributed by atoms with Gasteiger partial charge in [-0.2, -0.15) is 0 Å². The van der Waals surface area contributed by atoms with Gasteiger partial charge in [-0.1, -0.05) is 72.9 Å². The number of carbonyl (C=O) groups is 2. The molecular formula is C28H27Cl2IN2O3. The maximum absolute atomic E-state index is 14.0. The maximum atomic E-state index is 14.0. The molecule has 36 heavy (non-hydrogen) atoms. The first-order valence-corrected chi connectivity index (χ1v) is 13.6. The first-order valence-electron chi connectivity index (χ1n) is 11.8. The minimum Gasteiger partial charge on any atom is -0.368 e. The van der Waals surface area contributed by atoms with E-state index in [1.54, 1.807) is 29.2 Å². The Morgan fingerprint density at radius 2 is 1.53 bits per heavy atom. The zero-order valence-corrected chi connectivity index (χ0v) is 23.4. The molecule has 0 aromatic heterocycles. The van der Waals surface area contributed by atoms with E-state index in [9.17, 15) is 9.59 Å². The van der Waals surface area contributed by atoms with Gasteiger partial charge in [0.05, 0.1) is 6.04 Å². The van der Waals surface area contributed by atoms with Crippen LogP contribution in [0.25, 0.3) is 0 Å². The molecule has 3 aromatic carbocycles. The van der Waals surface area contributed by atoms with E-state index in [2.05, 4.69) is 22.6 Å². The molecule has 8 heteroatoms. The molecule has 2 N–H and O–H groups in total. The molecule has 4 atom stereocenters. The molecule has 0 unspecified atom stereocenters. The van der Waals surface area contributed by atoms with E-state index in [1.807, 2.05) is 55.5 Å². The molecule has 0 saturated carbocycles. The monoisotopic (exact) mass is 636 g/mol. The van der Waals surface area contributed by atoms with Crippen LogP contribution in [0, 0.1) is 3.57 Å². The molecule has 3 aromatic rings. The average molecular weight is 637 g/mol. The topological polar surface area (TPSA) is 72.6 Å². The van der Waals surface area contributed by atoms with E-state index in [4.69, 9.17) is 33.7 Å². The lowest BCUT2D eigenvalue weighted by molar-refractivity contribution is -0.181. The van der Waals surface area contributed by atoms with Gasteiger partial charge >= 0.3 is 0 Å². The van der Waals surface area contributed by atoms with Gasteiger partial charge in [0.15, 0.2) is 0 Å². The Hall–Kier alpha value is -2.13. The van der Waals surface area contributed by atoms with Crippen LogP contribution in [0.3, 0.4) is 0 Å². The van der Waals surface area contributed by atoms with Crippen LogP contribution >= 0.6 is 45.8 Å². The lowest BCUT2D eigenvalue weighted by Crippen LogP contribution is -2.58. The predicted molar refractivity (Wildman–Crippen MR) is 151 cm³/mol. The van der Waals surface area contributed by atoms with Gasteiger partial charge in [-0.3, -0.25) is 9.59 Å². The number of carbonyl (C=O) groups excluding carboxylic acids is 2. The Morgan fingerprint density at radius 3 is 2.06 bits per heavy atom. The van der Waals surface area contributed by atoms with Crippen LogP contribution in [0.15, 0.2) is 72.8 Å². The molecule has 5 nitrogen and oxygen atoms in total. The van der Waals surface area contributed by atoms with Gasteiger partial charge in [0.25, 0.3) is 5.91 Å². The SMILES string of the molecule is CCC[C@H](C(N)=O)N1C(=O)[C@H](Cc2ccc(I)cc2)O[C@@H](c2ccc(Cl)cc2)[C@H]1c1ccc(Cl)cc1. The standard InChI is InChI=1S/C28H27Cl2IN2O3/c1-2-3-23(27(32)34)33-25(18-6-10-20(29)11-7-18)26(19-8-12-21(30)13-9-19)36-24(28(33)35)16-17-4-14-22(31)15-5-17/h4-15,23-26H,2-3,16H2,1H3,(H2,32,34)/t23-,24+,25-,26+/m1/s1. The van der Waals surface area contributed by atoms with Crippen LogP contribution in [-0.4, -0.2) is 28.9 Å². The highest BCUT2D eigenvalue weighted by Crippen LogP contribution is 2.44. The number of primary amides is 1. The summed E-state index contributed by atoms with van der Waals surface area (Å²) in [5.74, 6) is -0.787. The molecule has 4 rings (SSSR count). The smallest absolute Gasteiger partial charge is 0.253 e. The van der Waals surface area contributed by atoms with Crippen molar-refractivity contribution >= 4 is 57.6 Å². The number of halogens is 3. The second-order valence-electron chi connectivity index (χ2n) is 8.88. The molecule has 0 radical (unpaired) electrons. The van der Waals surface area contributed by atoms with Gasteiger partial charge in [-0.15, -0.1) is 0 Å². The third kappa shape index (κ3) is 6.05. The van der Waals surface area contributed by atoms with Crippen LogP contribution in [-0.2, 0) is 20.7 Å². The molecule has 1 heterocycles. The molecule has 1 saturated heterocycles. The van der Waals surface area contributed by atoms with Crippen molar-refractivity contribution in [3.8, 4) is 0 Å². The summed E-state index contributed by atoms with van der Waals surface area (Å²) >= 11 is 14.6. The summed E-state index contributed by atoms with van der Waals surface area (Å²) in [6.07, 6.45) is 0.191. The van der Waals surface area contributed by atoms with Crippen molar-refractivity contribution in [1.82, 2.24) is 4.90 Å².